The average molecular weight is 396 g/mol. The zero-order valence-corrected chi connectivity index (χ0v) is 16.7. The van der Waals surface area contributed by atoms with Crippen LogP contribution in [0.4, 0.5) is 0 Å². The highest BCUT2D eigenvalue weighted by molar-refractivity contribution is 7.13. The summed E-state index contributed by atoms with van der Waals surface area (Å²) in [6, 6.07) is 9.48. The van der Waals surface area contributed by atoms with Gasteiger partial charge in [0.15, 0.2) is 6.79 Å². The summed E-state index contributed by atoms with van der Waals surface area (Å²) in [7, 11) is 1.51. The number of nitrogens with zero attached hydrogens (tertiary/aromatic N) is 2. The van der Waals surface area contributed by atoms with Gasteiger partial charge in [-0.2, -0.15) is 5.26 Å². The van der Waals surface area contributed by atoms with Crippen molar-refractivity contribution in [1.29, 1.82) is 5.26 Å². The number of ether oxygens (including phenoxy) is 3. The minimum absolute atomic E-state index is 0.00467. The first kappa shape index (κ1) is 19.7. The third-order valence-electron chi connectivity index (χ3n) is 4.03. The number of carbonyl (C=O) groups is 1. The van der Waals surface area contributed by atoms with E-state index in [1.54, 1.807) is 42.7 Å². The Bertz CT molecular complexity index is 1030. The van der Waals surface area contributed by atoms with E-state index in [1.165, 1.54) is 7.11 Å². The molecule has 1 aromatic carbocycles. The van der Waals surface area contributed by atoms with Crippen molar-refractivity contribution in [2.45, 2.75) is 13.8 Å². The molecule has 2 heterocycles. The molecule has 3 aromatic rings. The highest BCUT2D eigenvalue weighted by atomic mass is 32.1. The third kappa shape index (κ3) is 4.09. The SMILES string of the molecule is CCOC(=O)c1ccc(-n2cc(C#N)c(-c3cc(C)cs3)c2)cc1OCOC. The number of aromatic nitrogens is 1. The van der Waals surface area contributed by atoms with Crippen LogP contribution in [0.2, 0.25) is 0 Å². The number of methoxy groups -OCH3 is 1. The Hall–Kier alpha value is -3.08. The highest BCUT2D eigenvalue weighted by Crippen LogP contribution is 2.32. The largest absolute Gasteiger partial charge is 0.467 e. The van der Waals surface area contributed by atoms with Gasteiger partial charge in [-0.25, -0.2) is 4.79 Å². The summed E-state index contributed by atoms with van der Waals surface area (Å²) in [5.41, 5.74) is 3.69. The molecule has 0 fully saturated rings. The number of benzene rings is 1. The molecule has 0 N–H and O–H groups in total. The molecule has 0 unspecified atom stereocenters. The predicted octanol–water partition coefficient (Wildman–Crippen LogP) is 4.55. The molecule has 0 spiro atoms. The van der Waals surface area contributed by atoms with Crippen molar-refractivity contribution in [2.24, 2.45) is 0 Å². The van der Waals surface area contributed by atoms with Gasteiger partial charge >= 0.3 is 5.97 Å². The molecule has 0 atom stereocenters. The first-order valence-electron chi connectivity index (χ1n) is 8.68. The molecule has 0 bridgehead atoms. The number of aryl methyl sites for hydroxylation is 1. The van der Waals surface area contributed by atoms with E-state index in [0.717, 1.165) is 21.7 Å². The summed E-state index contributed by atoms with van der Waals surface area (Å²) >= 11 is 1.60. The van der Waals surface area contributed by atoms with Crippen LogP contribution in [0.3, 0.4) is 0 Å². The fraction of sp³-hybridized carbons (Fsp3) is 0.238. The molecule has 0 aliphatic heterocycles. The number of hydrogen-bond acceptors (Lipinski definition) is 6. The van der Waals surface area contributed by atoms with Crippen molar-refractivity contribution < 1.29 is 19.0 Å². The molecule has 0 saturated carbocycles. The molecule has 3 rings (SSSR count). The minimum Gasteiger partial charge on any atom is -0.467 e. The van der Waals surface area contributed by atoms with Gasteiger partial charge in [0, 0.05) is 41.7 Å². The van der Waals surface area contributed by atoms with Gasteiger partial charge in [-0.1, -0.05) is 0 Å². The molecule has 0 aliphatic carbocycles. The van der Waals surface area contributed by atoms with Crippen LogP contribution >= 0.6 is 11.3 Å². The smallest absolute Gasteiger partial charge is 0.341 e. The summed E-state index contributed by atoms with van der Waals surface area (Å²) < 4.78 is 17.5. The van der Waals surface area contributed by atoms with E-state index in [4.69, 9.17) is 14.2 Å². The minimum atomic E-state index is -0.458. The van der Waals surface area contributed by atoms with Gasteiger partial charge in [0.1, 0.15) is 17.4 Å². The first-order chi connectivity index (χ1) is 13.6. The van der Waals surface area contributed by atoms with E-state index in [-0.39, 0.29) is 13.4 Å². The van der Waals surface area contributed by atoms with E-state index in [1.807, 2.05) is 17.7 Å². The van der Waals surface area contributed by atoms with Crippen molar-refractivity contribution in [3.8, 4) is 27.9 Å². The monoisotopic (exact) mass is 396 g/mol. The van der Waals surface area contributed by atoms with Crippen molar-refractivity contribution in [2.75, 3.05) is 20.5 Å². The van der Waals surface area contributed by atoms with Crippen molar-refractivity contribution in [3.05, 3.63) is 58.7 Å². The topological polar surface area (TPSA) is 73.5 Å². The van der Waals surface area contributed by atoms with E-state index in [2.05, 4.69) is 17.5 Å². The van der Waals surface area contributed by atoms with Gasteiger partial charge < -0.3 is 18.8 Å². The van der Waals surface area contributed by atoms with Crippen LogP contribution in [-0.4, -0.2) is 31.0 Å². The first-order valence-corrected chi connectivity index (χ1v) is 9.56. The van der Waals surface area contributed by atoms with Crippen LogP contribution in [0.5, 0.6) is 5.75 Å². The Morgan fingerprint density at radius 1 is 1.29 bits per heavy atom. The molecule has 0 radical (unpaired) electrons. The second-order valence-electron chi connectivity index (χ2n) is 6.04. The van der Waals surface area contributed by atoms with Crippen LogP contribution in [0.15, 0.2) is 42.0 Å². The molecular formula is C21H20N2O4S. The molecule has 0 amide bonds. The lowest BCUT2D eigenvalue weighted by Gasteiger charge is -2.12. The standard InChI is InChI=1S/C21H20N2O4S/c1-4-26-21(24)17-6-5-16(8-19(17)27-13-25-3)23-10-15(9-22)18(11-23)20-7-14(2)12-28-20/h5-8,10-12H,4,13H2,1-3H3. The summed E-state index contributed by atoms with van der Waals surface area (Å²) in [6.45, 7) is 4.05. The maximum Gasteiger partial charge on any atom is 0.341 e. The fourth-order valence-electron chi connectivity index (χ4n) is 2.75. The number of hydrogen-bond donors (Lipinski definition) is 0. The second kappa shape index (κ2) is 8.74. The molecule has 144 valence electrons. The van der Waals surface area contributed by atoms with Crippen LogP contribution in [0, 0.1) is 18.3 Å². The fourth-order valence-corrected chi connectivity index (χ4v) is 3.68. The molecular weight excluding hydrogens is 376 g/mol. The van der Waals surface area contributed by atoms with Gasteiger partial charge in [0.2, 0.25) is 0 Å². The van der Waals surface area contributed by atoms with Crippen molar-refractivity contribution in [3.63, 3.8) is 0 Å². The van der Waals surface area contributed by atoms with Gasteiger partial charge in [-0.05, 0) is 43.0 Å². The molecule has 28 heavy (non-hydrogen) atoms. The number of thiophene rings is 1. The lowest BCUT2D eigenvalue weighted by atomic mass is 10.1. The van der Waals surface area contributed by atoms with Crippen LogP contribution in [-0.2, 0) is 9.47 Å². The third-order valence-corrected chi connectivity index (χ3v) is 5.12. The Balaban J connectivity index is 2.02. The molecule has 2 aromatic heterocycles. The zero-order chi connectivity index (χ0) is 20.1. The van der Waals surface area contributed by atoms with E-state index in [0.29, 0.717) is 16.9 Å². The quantitative estimate of drug-likeness (QED) is 0.433. The van der Waals surface area contributed by atoms with Crippen LogP contribution in [0.25, 0.3) is 16.1 Å². The second-order valence-corrected chi connectivity index (χ2v) is 6.96. The number of esters is 1. The van der Waals surface area contributed by atoms with Gasteiger partial charge in [-0.3, -0.25) is 0 Å². The summed E-state index contributed by atoms with van der Waals surface area (Å²) in [6.07, 6.45) is 3.67. The Morgan fingerprint density at radius 3 is 2.75 bits per heavy atom. The maximum absolute atomic E-state index is 12.2. The molecule has 0 aliphatic rings. The van der Waals surface area contributed by atoms with Gasteiger partial charge in [0.25, 0.3) is 0 Å². The lowest BCUT2D eigenvalue weighted by molar-refractivity contribution is 0.0438. The molecule has 7 heteroatoms. The normalized spacial score (nSPS) is 10.5. The van der Waals surface area contributed by atoms with Gasteiger partial charge in [-0.15, -0.1) is 11.3 Å². The summed E-state index contributed by atoms with van der Waals surface area (Å²) in [5.74, 6) is -0.0985. The Kier molecular flexibility index (Phi) is 6.14. The molecule has 0 saturated heterocycles. The summed E-state index contributed by atoms with van der Waals surface area (Å²) in [4.78, 5) is 13.2. The average Bonchev–Trinajstić information content (AvgIpc) is 3.32. The number of nitriles is 1. The maximum atomic E-state index is 12.2. The van der Waals surface area contributed by atoms with Gasteiger partial charge in [0.05, 0.1) is 12.2 Å². The number of rotatable bonds is 7. The van der Waals surface area contributed by atoms with E-state index in [9.17, 15) is 10.1 Å². The van der Waals surface area contributed by atoms with Crippen LogP contribution < -0.4 is 4.74 Å². The van der Waals surface area contributed by atoms with Crippen molar-refractivity contribution >= 4 is 17.3 Å². The molecule has 6 nitrogen and oxygen atoms in total. The predicted molar refractivity (Wildman–Crippen MR) is 107 cm³/mol. The summed E-state index contributed by atoms with van der Waals surface area (Å²) in [5, 5.41) is 11.6. The number of carbonyl (C=O) groups excluding carboxylic acids is 1. The lowest BCUT2D eigenvalue weighted by Crippen LogP contribution is -2.10. The van der Waals surface area contributed by atoms with Crippen molar-refractivity contribution in [1.82, 2.24) is 4.57 Å². The Morgan fingerprint density at radius 2 is 2.11 bits per heavy atom. The zero-order valence-electron chi connectivity index (χ0n) is 15.9. The van der Waals surface area contributed by atoms with E-state index < -0.39 is 5.97 Å². The Labute approximate surface area is 167 Å². The van der Waals surface area contributed by atoms with E-state index >= 15 is 0 Å². The highest BCUT2D eigenvalue weighted by Gasteiger charge is 2.17. The van der Waals surface area contributed by atoms with Crippen LogP contribution in [0.1, 0.15) is 28.4 Å².